The van der Waals surface area contributed by atoms with Crippen LogP contribution in [-0.2, 0) is 6.54 Å². The van der Waals surface area contributed by atoms with Crippen LogP contribution in [0.4, 0.5) is 0 Å². The predicted molar refractivity (Wildman–Crippen MR) is 69.4 cm³/mol. The topological polar surface area (TPSA) is 112 Å². The van der Waals surface area contributed by atoms with Crippen LogP contribution in [-0.4, -0.2) is 36.3 Å². The van der Waals surface area contributed by atoms with Crippen LogP contribution >= 0.6 is 0 Å². The molecule has 0 fully saturated rings. The van der Waals surface area contributed by atoms with Crippen molar-refractivity contribution in [3.8, 4) is 5.69 Å². The van der Waals surface area contributed by atoms with Gasteiger partial charge >= 0.3 is 0 Å². The molecule has 0 saturated heterocycles. The molecule has 0 spiro atoms. The van der Waals surface area contributed by atoms with Gasteiger partial charge in [-0.25, -0.2) is 0 Å². The first kappa shape index (κ1) is 12.9. The van der Waals surface area contributed by atoms with Gasteiger partial charge < -0.3 is 9.84 Å². The number of aryl methyl sites for hydroxylation is 1. The van der Waals surface area contributed by atoms with E-state index < -0.39 is 5.91 Å². The largest absolute Gasteiger partial charge is 0.340 e. The van der Waals surface area contributed by atoms with Gasteiger partial charge in [0.1, 0.15) is 0 Å². The van der Waals surface area contributed by atoms with Crippen molar-refractivity contribution in [1.29, 1.82) is 0 Å². The van der Waals surface area contributed by atoms with Gasteiger partial charge in [0, 0.05) is 0 Å². The predicted octanol–water partition coefficient (Wildman–Crippen LogP) is 0.284. The Kier molecular flexibility index (Phi) is 3.37. The van der Waals surface area contributed by atoms with Gasteiger partial charge in [-0.3, -0.25) is 4.79 Å². The molecule has 0 saturated carbocycles. The number of para-hydroxylation sites is 1. The lowest BCUT2D eigenvalue weighted by molar-refractivity contribution is 0.0935. The quantitative estimate of drug-likeness (QED) is 0.732. The summed E-state index contributed by atoms with van der Waals surface area (Å²) in [5.41, 5.74) is 0.719. The van der Waals surface area contributed by atoms with Gasteiger partial charge in [0.15, 0.2) is 5.82 Å². The van der Waals surface area contributed by atoms with E-state index in [0.29, 0.717) is 11.7 Å². The summed E-state index contributed by atoms with van der Waals surface area (Å²) in [5, 5.41) is 17.8. The molecule has 9 nitrogen and oxygen atoms in total. The third-order valence-electron chi connectivity index (χ3n) is 2.57. The van der Waals surface area contributed by atoms with Gasteiger partial charge in [0.05, 0.1) is 12.2 Å². The van der Waals surface area contributed by atoms with E-state index in [1.54, 1.807) is 6.92 Å². The number of benzene rings is 1. The van der Waals surface area contributed by atoms with E-state index >= 15 is 0 Å². The minimum atomic E-state index is -0.465. The summed E-state index contributed by atoms with van der Waals surface area (Å²) in [6, 6.07) is 9.18. The highest BCUT2D eigenvalue weighted by atomic mass is 16.5. The Labute approximate surface area is 119 Å². The van der Waals surface area contributed by atoms with Crippen LogP contribution in [0.1, 0.15) is 22.3 Å². The highest BCUT2D eigenvalue weighted by molar-refractivity contribution is 5.89. The molecule has 0 bridgehead atoms. The second kappa shape index (κ2) is 5.49. The van der Waals surface area contributed by atoms with Gasteiger partial charge in [-0.05, 0) is 24.3 Å². The van der Waals surface area contributed by atoms with Crippen LogP contribution in [0.15, 0.2) is 34.9 Å². The van der Waals surface area contributed by atoms with Crippen LogP contribution in [0, 0.1) is 6.92 Å². The van der Waals surface area contributed by atoms with Crippen LogP contribution in [0.25, 0.3) is 5.69 Å². The molecule has 1 amide bonds. The minimum absolute atomic E-state index is 0.0323. The molecule has 0 radical (unpaired) electrons. The Morgan fingerprint density at radius 1 is 1.33 bits per heavy atom. The summed E-state index contributed by atoms with van der Waals surface area (Å²) in [6.07, 6.45) is 0. The first-order valence-electron chi connectivity index (χ1n) is 6.15. The Bertz CT molecular complexity index is 750. The van der Waals surface area contributed by atoms with Crippen molar-refractivity contribution in [1.82, 2.24) is 35.7 Å². The van der Waals surface area contributed by atoms with Crippen molar-refractivity contribution in [3.63, 3.8) is 0 Å². The number of nitrogens with one attached hydrogen (secondary N) is 1. The number of nitrogens with zero attached hydrogens (tertiary/aromatic N) is 6. The number of aromatic nitrogens is 6. The summed E-state index contributed by atoms with van der Waals surface area (Å²) >= 11 is 0. The van der Waals surface area contributed by atoms with Gasteiger partial charge in [-0.1, -0.05) is 23.4 Å². The van der Waals surface area contributed by atoms with Gasteiger partial charge in [0.2, 0.25) is 5.89 Å². The normalized spacial score (nSPS) is 10.5. The Balaban J connectivity index is 1.67. The molecule has 0 atom stereocenters. The minimum Gasteiger partial charge on any atom is -0.340 e. The summed E-state index contributed by atoms with van der Waals surface area (Å²) in [5.74, 6) is 0.326. The van der Waals surface area contributed by atoms with E-state index in [9.17, 15) is 4.79 Å². The van der Waals surface area contributed by atoms with Crippen LogP contribution in [0.2, 0.25) is 0 Å². The molecule has 106 valence electrons. The molecule has 2 aromatic heterocycles. The second-order valence-electron chi connectivity index (χ2n) is 4.16. The number of carbonyl (C=O) groups excluding carboxylic acids is 1. The van der Waals surface area contributed by atoms with Crippen molar-refractivity contribution in [2.75, 3.05) is 0 Å². The molecule has 0 aliphatic rings. The number of tetrazole rings is 1. The second-order valence-corrected chi connectivity index (χ2v) is 4.16. The smallest absolute Gasteiger partial charge is 0.293 e. The van der Waals surface area contributed by atoms with Crippen LogP contribution < -0.4 is 5.32 Å². The molecular weight excluding hydrogens is 274 g/mol. The number of rotatable bonds is 4. The standard InChI is InChI=1S/C12H11N7O2/c1-8-14-10(21-17-8)7-13-12(20)11-15-18-19(16-11)9-5-3-2-4-6-9/h2-6H,7H2,1H3,(H,13,20). The number of amides is 1. The fourth-order valence-electron chi connectivity index (χ4n) is 1.62. The molecule has 1 aromatic carbocycles. The summed E-state index contributed by atoms with van der Waals surface area (Å²) in [6.45, 7) is 1.81. The highest BCUT2D eigenvalue weighted by Gasteiger charge is 2.14. The molecule has 21 heavy (non-hydrogen) atoms. The Morgan fingerprint density at radius 2 is 2.14 bits per heavy atom. The average molecular weight is 285 g/mol. The average Bonchev–Trinajstić information content (AvgIpc) is 3.15. The highest BCUT2D eigenvalue weighted by Crippen LogP contribution is 2.03. The molecular formula is C12H11N7O2. The number of hydrogen-bond acceptors (Lipinski definition) is 7. The molecule has 0 aliphatic carbocycles. The fourth-order valence-corrected chi connectivity index (χ4v) is 1.62. The van der Waals surface area contributed by atoms with Crippen LogP contribution in [0.5, 0.6) is 0 Å². The van der Waals surface area contributed by atoms with Crippen molar-refractivity contribution in [3.05, 3.63) is 47.9 Å². The summed E-state index contributed by atoms with van der Waals surface area (Å²) < 4.78 is 4.89. The lowest BCUT2D eigenvalue weighted by Gasteiger charge is -1.97. The maximum absolute atomic E-state index is 11.9. The maximum Gasteiger partial charge on any atom is 0.293 e. The van der Waals surface area contributed by atoms with E-state index in [4.69, 9.17) is 4.52 Å². The SMILES string of the molecule is Cc1noc(CNC(=O)c2nnn(-c3ccccc3)n2)n1. The first-order valence-corrected chi connectivity index (χ1v) is 6.15. The Morgan fingerprint density at radius 3 is 2.86 bits per heavy atom. The van der Waals surface area contributed by atoms with Gasteiger partial charge in [0.25, 0.3) is 11.7 Å². The first-order chi connectivity index (χ1) is 10.2. The summed E-state index contributed by atoms with van der Waals surface area (Å²) in [7, 11) is 0. The fraction of sp³-hybridized carbons (Fsp3) is 0.167. The van der Waals surface area contributed by atoms with Crippen molar-refractivity contribution >= 4 is 5.91 Å². The molecule has 3 rings (SSSR count). The van der Waals surface area contributed by atoms with E-state index in [1.165, 1.54) is 4.80 Å². The van der Waals surface area contributed by atoms with Gasteiger partial charge in [-0.2, -0.15) is 4.98 Å². The lowest BCUT2D eigenvalue weighted by atomic mass is 10.3. The van der Waals surface area contributed by atoms with E-state index in [1.807, 2.05) is 30.3 Å². The zero-order valence-electron chi connectivity index (χ0n) is 11.1. The molecule has 2 heterocycles. The number of carbonyl (C=O) groups is 1. The molecule has 1 N–H and O–H groups in total. The van der Waals surface area contributed by atoms with Gasteiger partial charge in [-0.15, -0.1) is 15.0 Å². The zero-order chi connectivity index (χ0) is 14.7. The summed E-state index contributed by atoms with van der Waals surface area (Å²) in [4.78, 5) is 17.1. The van der Waals surface area contributed by atoms with Crippen molar-refractivity contribution < 1.29 is 9.32 Å². The van der Waals surface area contributed by atoms with E-state index in [-0.39, 0.29) is 12.4 Å². The molecule has 3 aromatic rings. The lowest BCUT2D eigenvalue weighted by Crippen LogP contribution is -2.24. The van der Waals surface area contributed by atoms with E-state index in [0.717, 1.165) is 5.69 Å². The third kappa shape index (κ3) is 2.91. The molecule has 0 unspecified atom stereocenters. The zero-order valence-corrected chi connectivity index (χ0v) is 11.1. The number of hydrogen-bond donors (Lipinski definition) is 1. The maximum atomic E-state index is 11.9. The van der Waals surface area contributed by atoms with Crippen molar-refractivity contribution in [2.45, 2.75) is 13.5 Å². The molecule has 0 aliphatic heterocycles. The Hall–Kier alpha value is -3.10. The van der Waals surface area contributed by atoms with Crippen molar-refractivity contribution in [2.24, 2.45) is 0 Å². The molecule has 9 heteroatoms. The van der Waals surface area contributed by atoms with Crippen LogP contribution in [0.3, 0.4) is 0 Å². The van der Waals surface area contributed by atoms with E-state index in [2.05, 4.69) is 30.9 Å². The third-order valence-corrected chi connectivity index (χ3v) is 2.57. The monoisotopic (exact) mass is 285 g/mol.